The van der Waals surface area contributed by atoms with Crippen LogP contribution in [-0.4, -0.2) is 16.3 Å². The van der Waals surface area contributed by atoms with Crippen LogP contribution < -0.4 is 5.32 Å². The fraction of sp³-hybridized carbons (Fsp3) is 0.800. The van der Waals surface area contributed by atoms with Crippen LogP contribution >= 0.6 is 0 Å². The van der Waals surface area contributed by atoms with E-state index in [9.17, 15) is 0 Å². The lowest BCUT2D eigenvalue weighted by Gasteiger charge is -2.30. The van der Waals surface area contributed by atoms with Crippen molar-refractivity contribution in [2.24, 2.45) is 10.8 Å². The van der Waals surface area contributed by atoms with Gasteiger partial charge in [0.1, 0.15) is 5.82 Å². The molecule has 18 heavy (non-hydrogen) atoms. The zero-order valence-electron chi connectivity index (χ0n) is 12.1. The standard InChI is InChI=1S/C15H25N3/c1-14(2,3)10-11-9-13-16-8-5-12(18(13)17-11)15(4)6-7-15/h9,12,16H,5-8,10H2,1-4H3. The summed E-state index contributed by atoms with van der Waals surface area (Å²) in [6, 6.07) is 2.87. The number of fused-ring (bicyclic) bond motifs is 1. The predicted molar refractivity (Wildman–Crippen MR) is 74.9 cm³/mol. The zero-order chi connectivity index (χ0) is 13.0. The lowest BCUT2D eigenvalue weighted by Crippen LogP contribution is -2.28. The number of nitrogens with one attached hydrogen (secondary N) is 1. The molecule has 3 rings (SSSR count). The second kappa shape index (κ2) is 3.75. The molecule has 3 heteroatoms. The van der Waals surface area contributed by atoms with Gasteiger partial charge >= 0.3 is 0 Å². The van der Waals surface area contributed by atoms with E-state index in [1.807, 2.05) is 0 Å². The van der Waals surface area contributed by atoms with Crippen LogP contribution in [0.2, 0.25) is 0 Å². The monoisotopic (exact) mass is 247 g/mol. The topological polar surface area (TPSA) is 29.9 Å². The molecule has 1 atom stereocenters. The maximum Gasteiger partial charge on any atom is 0.124 e. The Balaban J connectivity index is 1.88. The van der Waals surface area contributed by atoms with Crippen LogP contribution in [0, 0.1) is 10.8 Å². The quantitative estimate of drug-likeness (QED) is 0.865. The summed E-state index contributed by atoms with van der Waals surface area (Å²) in [5, 5.41) is 8.38. The minimum Gasteiger partial charge on any atom is -0.370 e. The first-order valence-corrected chi connectivity index (χ1v) is 7.20. The van der Waals surface area contributed by atoms with Crippen molar-refractivity contribution in [1.82, 2.24) is 9.78 Å². The molecule has 0 saturated heterocycles. The molecule has 2 heterocycles. The molecule has 1 aliphatic heterocycles. The van der Waals surface area contributed by atoms with Crippen LogP contribution in [-0.2, 0) is 6.42 Å². The maximum absolute atomic E-state index is 4.88. The van der Waals surface area contributed by atoms with E-state index in [0.717, 1.165) is 13.0 Å². The van der Waals surface area contributed by atoms with Gasteiger partial charge in [0.05, 0.1) is 11.7 Å². The van der Waals surface area contributed by atoms with E-state index in [-0.39, 0.29) is 0 Å². The summed E-state index contributed by atoms with van der Waals surface area (Å²) in [6.45, 7) is 10.3. The molecule has 1 saturated carbocycles. The molecule has 0 radical (unpaired) electrons. The lowest BCUT2D eigenvalue weighted by atomic mass is 9.91. The third-order valence-corrected chi connectivity index (χ3v) is 4.36. The molecule has 0 spiro atoms. The normalized spacial score (nSPS) is 25.4. The Morgan fingerprint density at radius 2 is 2.17 bits per heavy atom. The summed E-state index contributed by atoms with van der Waals surface area (Å²) < 4.78 is 2.28. The number of aromatic nitrogens is 2. The molecule has 1 N–H and O–H groups in total. The SMILES string of the molecule is CC(C)(C)Cc1cc2n(n1)C(C1(C)CC1)CCN2. The molecule has 1 aromatic heterocycles. The number of rotatable bonds is 2. The Morgan fingerprint density at radius 3 is 2.78 bits per heavy atom. The molecule has 1 aliphatic carbocycles. The van der Waals surface area contributed by atoms with E-state index in [4.69, 9.17) is 5.10 Å². The Kier molecular flexibility index (Phi) is 2.51. The van der Waals surface area contributed by atoms with Gasteiger partial charge in [-0.05, 0) is 36.5 Å². The van der Waals surface area contributed by atoms with E-state index in [1.54, 1.807) is 0 Å². The third-order valence-electron chi connectivity index (χ3n) is 4.36. The lowest BCUT2D eigenvalue weighted by molar-refractivity contribution is 0.282. The van der Waals surface area contributed by atoms with Gasteiger partial charge in [-0.1, -0.05) is 27.7 Å². The highest BCUT2D eigenvalue weighted by molar-refractivity contribution is 5.40. The van der Waals surface area contributed by atoms with Crippen molar-refractivity contribution >= 4 is 5.82 Å². The van der Waals surface area contributed by atoms with E-state index in [0.29, 0.717) is 16.9 Å². The average Bonchev–Trinajstić information content (AvgIpc) is 2.87. The van der Waals surface area contributed by atoms with Crippen LogP contribution in [0.1, 0.15) is 58.7 Å². The molecule has 1 aromatic rings. The number of anilines is 1. The number of nitrogens with zero attached hydrogens (tertiary/aromatic N) is 2. The Hall–Kier alpha value is -0.990. The fourth-order valence-corrected chi connectivity index (χ4v) is 3.08. The van der Waals surface area contributed by atoms with Crippen LogP contribution in [0.5, 0.6) is 0 Å². The van der Waals surface area contributed by atoms with Gasteiger partial charge in [0.2, 0.25) is 0 Å². The highest BCUT2D eigenvalue weighted by Gasteiger charge is 2.47. The maximum atomic E-state index is 4.88. The minimum absolute atomic E-state index is 0.309. The van der Waals surface area contributed by atoms with Gasteiger partial charge in [-0.15, -0.1) is 0 Å². The highest BCUT2D eigenvalue weighted by Crippen LogP contribution is 2.56. The molecule has 2 aliphatic rings. The first kappa shape index (κ1) is 12.1. The van der Waals surface area contributed by atoms with Crippen molar-refractivity contribution in [3.8, 4) is 0 Å². The van der Waals surface area contributed by atoms with Crippen LogP contribution in [0.25, 0.3) is 0 Å². The van der Waals surface area contributed by atoms with E-state index >= 15 is 0 Å². The molecule has 1 unspecified atom stereocenters. The smallest absolute Gasteiger partial charge is 0.124 e. The first-order valence-electron chi connectivity index (χ1n) is 7.20. The zero-order valence-corrected chi connectivity index (χ0v) is 12.1. The molecule has 0 aromatic carbocycles. The van der Waals surface area contributed by atoms with Crippen molar-refractivity contribution in [2.45, 2.75) is 59.4 Å². The highest BCUT2D eigenvalue weighted by atomic mass is 15.4. The van der Waals surface area contributed by atoms with Gasteiger partial charge in [-0.3, -0.25) is 0 Å². The van der Waals surface area contributed by atoms with Crippen LogP contribution in [0.15, 0.2) is 6.07 Å². The molecule has 1 fully saturated rings. The van der Waals surface area contributed by atoms with Crippen molar-refractivity contribution in [3.63, 3.8) is 0 Å². The van der Waals surface area contributed by atoms with Crippen molar-refractivity contribution < 1.29 is 0 Å². The second-order valence-corrected chi connectivity index (χ2v) is 7.59. The summed E-state index contributed by atoms with van der Waals surface area (Å²) >= 11 is 0. The second-order valence-electron chi connectivity index (χ2n) is 7.59. The van der Waals surface area contributed by atoms with E-state index < -0.39 is 0 Å². The van der Waals surface area contributed by atoms with E-state index in [2.05, 4.69) is 43.8 Å². The van der Waals surface area contributed by atoms with Gasteiger partial charge in [0, 0.05) is 12.6 Å². The number of hydrogen-bond acceptors (Lipinski definition) is 2. The summed E-state index contributed by atoms with van der Waals surface area (Å²) in [5.41, 5.74) is 2.06. The summed E-state index contributed by atoms with van der Waals surface area (Å²) in [5.74, 6) is 1.23. The summed E-state index contributed by atoms with van der Waals surface area (Å²) in [6.07, 6.45) is 5.01. The summed E-state index contributed by atoms with van der Waals surface area (Å²) in [4.78, 5) is 0. The molecule has 3 nitrogen and oxygen atoms in total. The molecule has 0 amide bonds. The Bertz CT molecular complexity index is 449. The molecule has 100 valence electrons. The van der Waals surface area contributed by atoms with Gasteiger partial charge in [0.15, 0.2) is 0 Å². The van der Waals surface area contributed by atoms with Crippen LogP contribution in [0.4, 0.5) is 5.82 Å². The fourth-order valence-electron chi connectivity index (χ4n) is 3.08. The van der Waals surface area contributed by atoms with Crippen molar-refractivity contribution in [3.05, 3.63) is 11.8 Å². The van der Waals surface area contributed by atoms with Gasteiger partial charge in [0.25, 0.3) is 0 Å². The Morgan fingerprint density at radius 1 is 1.44 bits per heavy atom. The summed E-state index contributed by atoms with van der Waals surface area (Å²) in [7, 11) is 0. The minimum atomic E-state index is 0.309. The van der Waals surface area contributed by atoms with Crippen molar-refractivity contribution in [2.75, 3.05) is 11.9 Å². The van der Waals surface area contributed by atoms with Gasteiger partial charge < -0.3 is 5.32 Å². The van der Waals surface area contributed by atoms with Gasteiger partial charge in [-0.25, -0.2) is 4.68 Å². The van der Waals surface area contributed by atoms with Gasteiger partial charge in [-0.2, -0.15) is 5.10 Å². The first-order chi connectivity index (χ1) is 8.37. The van der Waals surface area contributed by atoms with Crippen molar-refractivity contribution in [1.29, 1.82) is 0 Å². The molecular weight excluding hydrogens is 222 g/mol. The van der Waals surface area contributed by atoms with Crippen LogP contribution in [0.3, 0.4) is 0 Å². The number of hydrogen-bond donors (Lipinski definition) is 1. The average molecular weight is 247 g/mol. The largest absolute Gasteiger partial charge is 0.370 e. The Labute approximate surface area is 110 Å². The third kappa shape index (κ3) is 2.15. The van der Waals surface area contributed by atoms with E-state index in [1.165, 1.54) is 30.8 Å². The molecular formula is C15H25N3. The molecule has 0 bridgehead atoms. The predicted octanol–water partition coefficient (Wildman–Crippen LogP) is 3.63.